The fourth-order valence-corrected chi connectivity index (χ4v) is 1.54. The molecule has 0 saturated carbocycles. The zero-order valence-corrected chi connectivity index (χ0v) is 10.1. The van der Waals surface area contributed by atoms with Crippen LogP contribution in [0.15, 0.2) is 0 Å². The third-order valence-corrected chi connectivity index (χ3v) is 2.34. The van der Waals surface area contributed by atoms with Gasteiger partial charge < -0.3 is 15.8 Å². The Kier molecular flexibility index (Phi) is 8.33. The van der Waals surface area contributed by atoms with Crippen molar-refractivity contribution in [2.45, 2.75) is 26.7 Å². The maximum absolute atomic E-state index is 11.6. The predicted molar refractivity (Wildman–Crippen MR) is 61.5 cm³/mol. The van der Waals surface area contributed by atoms with Crippen LogP contribution in [0, 0.1) is 11.8 Å². The summed E-state index contributed by atoms with van der Waals surface area (Å²) in [6, 6.07) is 0. The van der Waals surface area contributed by atoms with Crippen molar-refractivity contribution in [3.05, 3.63) is 0 Å². The van der Waals surface area contributed by atoms with Crippen molar-refractivity contribution < 1.29 is 9.53 Å². The summed E-state index contributed by atoms with van der Waals surface area (Å²) in [6.07, 6.45) is 1.75. The van der Waals surface area contributed by atoms with Crippen molar-refractivity contribution in [3.63, 3.8) is 0 Å². The molecule has 4 heteroatoms. The van der Waals surface area contributed by atoms with Gasteiger partial charge in [0.05, 0.1) is 5.92 Å². The molecule has 0 aromatic rings. The van der Waals surface area contributed by atoms with Crippen molar-refractivity contribution in [1.29, 1.82) is 0 Å². The molecule has 0 aromatic heterocycles. The SMILES string of the molecule is CCCNC(=O)C(CN)CC(C)COC. The molecule has 0 aliphatic carbocycles. The molecular weight excluding hydrogens is 192 g/mol. The van der Waals surface area contributed by atoms with Gasteiger partial charge in [0, 0.05) is 26.8 Å². The van der Waals surface area contributed by atoms with Gasteiger partial charge in [-0.3, -0.25) is 4.79 Å². The summed E-state index contributed by atoms with van der Waals surface area (Å²) in [6.45, 7) is 5.92. The highest BCUT2D eigenvalue weighted by Gasteiger charge is 2.18. The van der Waals surface area contributed by atoms with Gasteiger partial charge in [0.25, 0.3) is 0 Å². The number of hydrogen-bond donors (Lipinski definition) is 2. The van der Waals surface area contributed by atoms with E-state index in [0.717, 1.165) is 19.4 Å². The van der Waals surface area contributed by atoms with Gasteiger partial charge in [-0.1, -0.05) is 13.8 Å². The molecule has 0 heterocycles. The third kappa shape index (κ3) is 6.47. The molecule has 0 aliphatic rings. The zero-order valence-electron chi connectivity index (χ0n) is 10.1. The van der Waals surface area contributed by atoms with Gasteiger partial charge in [0.1, 0.15) is 0 Å². The minimum atomic E-state index is -0.0818. The highest BCUT2D eigenvalue weighted by atomic mass is 16.5. The molecular formula is C11H24N2O2. The maximum atomic E-state index is 11.6. The Morgan fingerprint density at radius 1 is 1.53 bits per heavy atom. The molecule has 2 unspecified atom stereocenters. The van der Waals surface area contributed by atoms with Gasteiger partial charge in [-0.2, -0.15) is 0 Å². The lowest BCUT2D eigenvalue weighted by Crippen LogP contribution is -2.36. The molecule has 0 fully saturated rings. The summed E-state index contributed by atoms with van der Waals surface area (Å²) in [5.41, 5.74) is 5.59. The second kappa shape index (κ2) is 8.68. The van der Waals surface area contributed by atoms with Gasteiger partial charge >= 0.3 is 0 Å². The van der Waals surface area contributed by atoms with E-state index in [1.165, 1.54) is 0 Å². The van der Waals surface area contributed by atoms with Crippen LogP contribution < -0.4 is 11.1 Å². The Balaban J connectivity index is 3.94. The van der Waals surface area contributed by atoms with Crippen LogP contribution >= 0.6 is 0 Å². The van der Waals surface area contributed by atoms with Gasteiger partial charge in [-0.15, -0.1) is 0 Å². The van der Waals surface area contributed by atoms with Crippen molar-refractivity contribution in [2.75, 3.05) is 26.8 Å². The monoisotopic (exact) mass is 216 g/mol. The molecule has 90 valence electrons. The summed E-state index contributed by atoms with van der Waals surface area (Å²) >= 11 is 0. The Morgan fingerprint density at radius 2 is 2.20 bits per heavy atom. The minimum absolute atomic E-state index is 0.0716. The largest absolute Gasteiger partial charge is 0.384 e. The first-order valence-corrected chi connectivity index (χ1v) is 5.62. The lowest BCUT2D eigenvalue weighted by molar-refractivity contribution is -0.125. The molecule has 0 aromatic carbocycles. The number of hydrogen-bond acceptors (Lipinski definition) is 3. The Labute approximate surface area is 92.6 Å². The predicted octanol–water partition coefficient (Wildman–Crippen LogP) is 0.760. The third-order valence-electron chi connectivity index (χ3n) is 2.34. The first kappa shape index (κ1) is 14.4. The van der Waals surface area contributed by atoms with E-state index in [1.807, 2.05) is 6.92 Å². The van der Waals surface area contributed by atoms with E-state index >= 15 is 0 Å². The van der Waals surface area contributed by atoms with Crippen molar-refractivity contribution in [2.24, 2.45) is 17.6 Å². The van der Waals surface area contributed by atoms with Gasteiger partial charge in [0.2, 0.25) is 5.91 Å². The topological polar surface area (TPSA) is 64.4 Å². The Morgan fingerprint density at radius 3 is 2.67 bits per heavy atom. The number of nitrogens with one attached hydrogen (secondary N) is 1. The van der Waals surface area contributed by atoms with Gasteiger partial charge in [0.15, 0.2) is 0 Å². The molecule has 15 heavy (non-hydrogen) atoms. The van der Waals surface area contributed by atoms with E-state index in [9.17, 15) is 4.79 Å². The zero-order chi connectivity index (χ0) is 11.7. The van der Waals surface area contributed by atoms with Crippen LogP contribution in [0.3, 0.4) is 0 Å². The number of methoxy groups -OCH3 is 1. The first-order valence-electron chi connectivity index (χ1n) is 5.62. The van der Waals surface area contributed by atoms with E-state index in [0.29, 0.717) is 19.1 Å². The van der Waals surface area contributed by atoms with Crippen LogP contribution in [0.1, 0.15) is 26.7 Å². The number of amides is 1. The van der Waals surface area contributed by atoms with Crippen LogP contribution in [-0.4, -0.2) is 32.7 Å². The highest BCUT2D eigenvalue weighted by Crippen LogP contribution is 2.11. The fraction of sp³-hybridized carbons (Fsp3) is 0.909. The fourth-order valence-electron chi connectivity index (χ4n) is 1.54. The molecule has 1 amide bonds. The number of ether oxygens (including phenoxy) is 1. The van der Waals surface area contributed by atoms with E-state index in [2.05, 4.69) is 12.2 Å². The average Bonchev–Trinajstić information content (AvgIpc) is 2.22. The quantitative estimate of drug-likeness (QED) is 0.629. The van der Waals surface area contributed by atoms with E-state index in [1.54, 1.807) is 7.11 Å². The van der Waals surface area contributed by atoms with Crippen LogP contribution in [0.25, 0.3) is 0 Å². The lowest BCUT2D eigenvalue weighted by Gasteiger charge is -2.18. The number of rotatable bonds is 8. The summed E-state index contributed by atoms with van der Waals surface area (Å²) in [7, 11) is 1.67. The second-order valence-corrected chi connectivity index (χ2v) is 4.02. The van der Waals surface area contributed by atoms with Crippen molar-refractivity contribution in [1.82, 2.24) is 5.32 Å². The van der Waals surface area contributed by atoms with Gasteiger partial charge in [-0.25, -0.2) is 0 Å². The smallest absolute Gasteiger partial charge is 0.224 e. The molecule has 4 nitrogen and oxygen atoms in total. The summed E-state index contributed by atoms with van der Waals surface area (Å²) in [5, 5.41) is 2.87. The summed E-state index contributed by atoms with van der Waals surface area (Å²) < 4.78 is 5.04. The van der Waals surface area contributed by atoms with Crippen molar-refractivity contribution >= 4 is 5.91 Å². The molecule has 0 radical (unpaired) electrons. The molecule has 0 spiro atoms. The van der Waals surface area contributed by atoms with E-state index in [4.69, 9.17) is 10.5 Å². The van der Waals surface area contributed by atoms with Crippen LogP contribution in [-0.2, 0) is 9.53 Å². The maximum Gasteiger partial charge on any atom is 0.224 e. The second-order valence-electron chi connectivity index (χ2n) is 4.02. The summed E-state index contributed by atoms with van der Waals surface area (Å²) in [5.74, 6) is 0.361. The molecule has 2 atom stereocenters. The van der Waals surface area contributed by atoms with Gasteiger partial charge in [-0.05, 0) is 18.8 Å². The van der Waals surface area contributed by atoms with Crippen LogP contribution in [0.4, 0.5) is 0 Å². The molecule has 3 N–H and O–H groups in total. The molecule has 0 aliphatic heterocycles. The minimum Gasteiger partial charge on any atom is -0.384 e. The van der Waals surface area contributed by atoms with Crippen LogP contribution in [0.5, 0.6) is 0 Å². The Hall–Kier alpha value is -0.610. The standard InChI is InChI=1S/C11H24N2O2/c1-4-5-13-11(14)10(7-12)6-9(2)8-15-3/h9-10H,4-8,12H2,1-3H3,(H,13,14). The normalized spacial score (nSPS) is 14.7. The summed E-state index contributed by atoms with van der Waals surface area (Å²) in [4.78, 5) is 11.6. The lowest BCUT2D eigenvalue weighted by atomic mass is 9.95. The van der Waals surface area contributed by atoms with E-state index < -0.39 is 0 Å². The number of carbonyl (C=O) groups is 1. The molecule has 0 saturated heterocycles. The average molecular weight is 216 g/mol. The molecule has 0 rings (SSSR count). The molecule has 0 bridgehead atoms. The Bertz CT molecular complexity index is 174. The number of carbonyl (C=O) groups excluding carboxylic acids is 1. The highest BCUT2D eigenvalue weighted by molar-refractivity contribution is 5.78. The first-order chi connectivity index (χ1) is 7.15. The van der Waals surface area contributed by atoms with Crippen LogP contribution in [0.2, 0.25) is 0 Å². The van der Waals surface area contributed by atoms with E-state index in [-0.39, 0.29) is 11.8 Å². The van der Waals surface area contributed by atoms with Crippen molar-refractivity contribution in [3.8, 4) is 0 Å². The number of nitrogens with two attached hydrogens (primary N) is 1.